The number of carbonyl (C=O) groups is 1. The molecular weight excluding hydrogens is 400 g/mol. The van der Waals surface area contributed by atoms with Crippen LogP contribution in [0.15, 0.2) is 47.1 Å². The third-order valence-electron chi connectivity index (χ3n) is 7.90. The van der Waals surface area contributed by atoms with Gasteiger partial charge in [0.05, 0.1) is 6.26 Å². The Morgan fingerprint density at radius 2 is 2.16 bits per heavy atom. The molecule has 0 bridgehead atoms. The van der Waals surface area contributed by atoms with Gasteiger partial charge >= 0.3 is 0 Å². The zero-order valence-corrected chi connectivity index (χ0v) is 18.9. The zero-order valence-electron chi connectivity index (χ0n) is 18.9. The molecule has 3 atom stereocenters. The summed E-state index contributed by atoms with van der Waals surface area (Å²) in [5, 5.41) is 13.5. The second-order valence-corrected chi connectivity index (χ2v) is 10.1. The first-order chi connectivity index (χ1) is 15.5. The van der Waals surface area contributed by atoms with Crippen molar-refractivity contribution in [1.29, 1.82) is 0 Å². The highest BCUT2D eigenvalue weighted by Crippen LogP contribution is 2.50. The summed E-state index contributed by atoms with van der Waals surface area (Å²) in [6.45, 7) is 5.37. The van der Waals surface area contributed by atoms with Crippen molar-refractivity contribution < 1.29 is 14.3 Å². The third kappa shape index (κ3) is 4.49. The molecule has 0 spiro atoms. The van der Waals surface area contributed by atoms with Gasteiger partial charge in [0.2, 0.25) is 5.91 Å². The molecule has 2 heterocycles. The van der Waals surface area contributed by atoms with E-state index in [1.54, 1.807) is 18.4 Å². The average molecular weight is 435 g/mol. The SMILES string of the molecule is Cc1occc1/C=C/C(=O)N[C@@H]1CC[C@@H]2CN(CC3CC3)CC[C@@]2(c2cccc(O)c2)C1. The maximum atomic E-state index is 12.7. The van der Waals surface area contributed by atoms with E-state index in [1.165, 1.54) is 24.9 Å². The predicted molar refractivity (Wildman–Crippen MR) is 125 cm³/mol. The molecule has 0 radical (unpaired) electrons. The Morgan fingerprint density at radius 3 is 2.91 bits per heavy atom. The number of furan rings is 1. The average Bonchev–Trinajstić information content (AvgIpc) is 3.50. The van der Waals surface area contributed by atoms with Crippen LogP contribution in [0.1, 0.15) is 55.4 Å². The second-order valence-electron chi connectivity index (χ2n) is 10.1. The summed E-state index contributed by atoms with van der Waals surface area (Å²) in [5.41, 5.74) is 2.18. The fourth-order valence-electron chi connectivity index (χ4n) is 5.97. The number of hydrogen-bond donors (Lipinski definition) is 2. The topological polar surface area (TPSA) is 65.7 Å². The number of amides is 1. The van der Waals surface area contributed by atoms with Gasteiger partial charge in [-0.3, -0.25) is 4.79 Å². The number of phenols is 1. The zero-order chi connectivity index (χ0) is 22.1. The highest BCUT2D eigenvalue weighted by atomic mass is 16.3. The molecule has 1 aromatic carbocycles. The summed E-state index contributed by atoms with van der Waals surface area (Å²) in [4.78, 5) is 15.3. The molecular formula is C27H34N2O3. The molecule has 5 heteroatoms. The standard InChI is InChI=1S/C27H34N2O3/c1-19-21(11-14-32-19)7-10-26(31)28-24-9-8-23-18-29(17-20-5-6-20)13-12-27(23,16-24)22-3-2-4-25(30)15-22/h2-4,7,10-11,14-15,20,23-24,30H,5-6,8-9,12-13,16-18H2,1H3,(H,28,31)/b10-7+/t23-,24-,27+/m1/s1. The van der Waals surface area contributed by atoms with Gasteiger partial charge in [0.25, 0.3) is 0 Å². The number of phenolic OH excluding ortho intramolecular Hbond substituents is 1. The number of likely N-dealkylation sites (tertiary alicyclic amines) is 1. The van der Waals surface area contributed by atoms with Gasteiger partial charge in [-0.25, -0.2) is 0 Å². The first-order valence-corrected chi connectivity index (χ1v) is 12.1. The van der Waals surface area contributed by atoms with E-state index >= 15 is 0 Å². The number of benzene rings is 1. The highest BCUT2D eigenvalue weighted by molar-refractivity contribution is 5.92. The summed E-state index contributed by atoms with van der Waals surface area (Å²) in [5.74, 6) is 2.57. The van der Waals surface area contributed by atoms with Gasteiger partial charge in [-0.15, -0.1) is 0 Å². The quantitative estimate of drug-likeness (QED) is 0.650. The molecule has 2 aromatic rings. The molecule has 3 aliphatic rings. The number of fused-ring (bicyclic) bond motifs is 1. The fourth-order valence-corrected chi connectivity index (χ4v) is 5.97. The van der Waals surface area contributed by atoms with Crippen molar-refractivity contribution in [2.24, 2.45) is 11.8 Å². The van der Waals surface area contributed by atoms with Crippen LogP contribution in [0, 0.1) is 18.8 Å². The summed E-state index contributed by atoms with van der Waals surface area (Å²) < 4.78 is 5.31. The molecule has 5 rings (SSSR count). The molecule has 170 valence electrons. The van der Waals surface area contributed by atoms with E-state index in [1.807, 2.05) is 31.2 Å². The van der Waals surface area contributed by atoms with Crippen LogP contribution in [-0.2, 0) is 10.2 Å². The van der Waals surface area contributed by atoms with E-state index in [4.69, 9.17) is 4.42 Å². The maximum absolute atomic E-state index is 12.7. The van der Waals surface area contributed by atoms with Crippen LogP contribution in [-0.4, -0.2) is 41.6 Å². The number of rotatable bonds is 6. The molecule has 2 N–H and O–H groups in total. The maximum Gasteiger partial charge on any atom is 0.244 e. The predicted octanol–water partition coefficient (Wildman–Crippen LogP) is 4.65. The van der Waals surface area contributed by atoms with Crippen molar-refractivity contribution in [3.63, 3.8) is 0 Å². The fraction of sp³-hybridized carbons (Fsp3) is 0.519. The number of carbonyl (C=O) groups excluding carboxylic acids is 1. The number of hydrogen-bond acceptors (Lipinski definition) is 4. The summed E-state index contributed by atoms with van der Waals surface area (Å²) >= 11 is 0. The molecule has 1 saturated heterocycles. The lowest BCUT2D eigenvalue weighted by molar-refractivity contribution is -0.117. The molecule has 2 saturated carbocycles. The molecule has 0 unspecified atom stereocenters. The van der Waals surface area contributed by atoms with Crippen molar-refractivity contribution in [2.45, 2.75) is 56.9 Å². The van der Waals surface area contributed by atoms with Gasteiger partial charge in [-0.05, 0) is 93.7 Å². The summed E-state index contributed by atoms with van der Waals surface area (Å²) in [6.07, 6.45) is 12.0. The molecule has 1 aliphatic heterocycles. The first kappa shape index (κ1) is 21.3. The van der Waals surface area contributed by atoms with Gasteiger partial charge in [-0.1, -0.05) is 12.1 Å². The normalized spacial score (nSPS) is 28.5. The number of aryl methyl sites for hydroxylation is 1. The Hall–Kier alpha value is -2.53. The molecule has 32 heavy (non-hydrogen) atoms. The summed E-state index contributed by atoms with van der Waals surface area (Å²) in [6, 6.07) is 9.86. The smallest absolute Gasteiger partial charge is 0.244 e. The Balaban J connectivity index is 1.32. The molecule has 2 aliphatic carbocycles. The van der Waals surface area contributed by atoms with Gasteiger partial charge in [0.1, 0.15) is 11.5 Å². The Morgan fingerprint density at radius 1 is 1.28 bits per heavy atom. The van der Waals surface area contributed by atoms with Crippen LogP contribution in [0.5, 0.6) is 5.75 Å². The van der Waals surface area contributed by atoms with E-state index < -0.39 is 0 Å². The van der Waals surface area contributed by atoms with Crippen molar-refractivity contribution in [2.75, 3.05) is 19.6 Å². The minimum absolute atomic E-state index is 0.0137. The van der Waals surface area contributed by atoms with Gasteiger partial charge in [0.15, 0.2) is 0 Å². The number of piperidine rings is 1. The Kier molecular flexibility index (Phi) is 5.85. The highest BCUT2D eigenvalue weighted by Gasteiger charge is 2.48. The van der Waals surface area contributed by atoms with Gasteiger partial charge < -0.3 is 19.7 Å². The van der Waals surface area contributed by atoms with E-state index in [2.05, 4.69) is 16.3 Å². The van der Waals surface area contributed by atoms with E-state index in [0.717, 1.165) is 56.0 Å². The van der Waals surface area contributed by atoms with E-state index in [-0.39, 0.29) is 17.4 Å². The van der Waals surface area contributed by atoms with Crippen LogP contribution in [0.2, 0.25) is 0 Å². The van der Waals surface area contributed by atoms with Crippen LogP contribution >= 0.6 is 0 Å². The monoisotopic (exact) mass is 434 g/mol. The molecule has 1 aromatic heterocycles. The molecule has 5 nitrogen and oxygen atoms in total. The number of nitrogens with zero attached hydrogens (tertiary/aromatic N) is 1. The third-order valence-corrected chi connectivity index (χ3v) is 7.90. The minimum atomic E-state index is -0.0497. The van der Waals surface area contributed by atoms with E-state index in [9.17, 15) is 9.90 Å². The van der Waals surface area contributed by atoms with Crippen molar-refractivity contribution >= 4 is 12.0 Å². The Bertz CT molecular complexity index is 992. The van der Waals surface area contributed by atoms with Crippen molar-refractivity contribution in [3.05, 3.63) is 59.6 Å². The minimum Gasteiger partial charge on any atom is -0.508 e. The summed E-state index contributed by atoms with van der Waals surface area (Å²) in [7, 11) is 0. The number of aromatic hydroxyl groups is 1. The molecule has 1 amide bonds. The van der Waals surface area contributed by atoms with Crippen LogP contribution in [0.4, 0.5) is 0 Å². The van der Waals surface area contributed by atoms with Crippen LogP contribution in [0.25, 0.3) is 6.08 Å². The van der Waals surface area contributed by atoms with Gasteiger partial charge in [0, 0.05) is 36.2 Å². The Labute approximate surface area is 190 Å². The van der Waals surface area contributed by atoms with Crippen LogP contribution < -0.4 is 5.32 Å². The van der Waals surface area contributed by atoms with Crippen LogP contribution in [0.3, 0.4) is 0 Å². The van der Waals surface area contributed by atoms with Crippen molar-refractivity contribution in [1.82, 2.24) is 10.2 Å². The largest absolute Gasteiger partial charge is 0.508 e. The molecule has 3 fully saturated rings. The van der Waals surface area contributed by atoms with E-state index in [0.29, 0.717) is 11.7 Å². The second kappa shape index (κ2) is 8.78. The van der Waals surface area contributed by atoms with Crippen molar-refractivity contribution in [3.8, 4) is 5.75 Å². The van der Waals surface area contributed by atoms with Gasteiger partial charge in [-0.2, -0.15) is 0 Å². The lowest BCUT2D eigenvalue weighted by Gasteiger charge is -2.53. The lowest BCUT2D eigenvalue weighted by atomic mass is 9.58. The lowest BCUT2D eigenvalue weighted by Crippen LogP contribution is -2.56. The first-order valence-electron chi connectivity index (χ1n) is 12.1. The number of nitrogens with one attached hydrogen (secondary N) is 1.